The zero-order chi connectivity index (χ0) is 18.5. The van der Waals surface area contributed by atoms with Crippen molar-refractivity contribution in [1.29, 1.82) is 0 Å². The molecule has 1 aromatic carbocycles. The maximum Gasteiger partial charge on any atom is 0.285 e. The first kappa shape index (κ1) is 18.1. The highest BCUT2D eigenvalue weighted by atomic mass is 16.6. The first-order valence-electron chi connectivity index (χ1n) is 8.90. The molecule has 0 amide bonds. The van der Waals surface area contributed by atoms with Crippen LogP contribution in [-0.2, 0) is 13.2 Å². The Kier molecular flexibility index (Phi) is 5.68. The lowest BCUT2D eigenvalue weighted by Crippen LogP contribution is -2.29. The number of rotatable bonds is 6. The second kappa shape index (κ2) is 8.14. The monoisotopic (exact) mass is 356 g/mol. The van der Waals surface area contributed by atoms with Crippen molar-refractivity contribution >= 4 is 11.4 Å². The largest absolute Gasteiger partial charge is 0.372 e. The third-order valence-electron chi connectivity index (χ3n) is 4.68. The minimum atomic E-state index is -0.491. The maximum absolute atomic E-state index is 11.9. The van der Waals surface area contributed by atoms with E-state index in [0.717, 1.165) is 18.7 Å². The number of anilines is 1. The fraction of sp³-hybridized carbons (Fsp3) is 0.421. The van der Waals surface area contributed by atoms with Gasteiger partial charge in [0.1, 0.15) is 0 Å². The Morgan fingerprint density at radius 3 is 2.42 bits per heavy atom. The van der Waals surface area contributed by atoms with Crippen molar-refractivity contribution in [2.75, 3.05) is 25.0 Å². The third-order valence-corrected chi connectivity index (χ3v) is 4.68. The van der Waals surface area contributed by atoms with E-state index in [2.05, 4.69) is 29.2 Å². The molecule has 26 heavy (non-hydrogen) atoms. The molecule has 1 saturated heterocycles. The lowest BCUT2D eigenvalue weighted by molar-refractivity contribution is -0.385. The van der Waals surface area contributed by atoms with Crippen molar-refractivity contribution < 1.29 is 4.92 Å². The van der Waals surface area contributed by atoms with Gasteiger partial charge in [0.25, 0.3) is 11.2 Å². The Morgan fingerprint density at radius 1 is 1.08 bits per heavy atom. The number of aromatic nitrogens is 1. The molecular formula is C19H24N4O3. The number of piperidine rings is 1. The quantitative estimate of drug-likeness (QED) is 0.588. The lowest BCUT2D eigenvalue weighted by Gasteiger charge is -2.29. The molecule has 0 spiro atoms. The van der Waals surface area contributed by atoms with E-state index in [1.54, 1.807) is 0 Å². The standard InChI is InChI=1S/C19H24N4O3/c1-20(15-22-14-18(23(25)26)9-10-19(22)24)13-16-5-7-17(8-6-16)21-11-3-2-4-12-21/h5-10,14H,2-4,11-13,15H2,1H3. The second-order valence-corrected chi connectivity index (χ2v) is 6.82. The molecule has 2 aromatic rings. The van der Waals surface area contributed by atoms with Gasteiger partial charge in [-0.25, -0.2) is 0 Å². The fourth-order valence-corrected chi connectivity index (χ4v) is 3.32. The summed E-state index contributed by atoms with van der Waals surface area (Å²) in [5.41, 5.74) is 2.07. The van der Waals surface area contributed by atoms with Crippen LogP contribution in [0.2, 0.25) is 0 Å². The van der Waals surface area contributed by atoms with Crippen LogP contribution in [0.1, 0.15) is 24.8 Å². The van der Waals surface area contributed by atoms with E-state index in [9.17, 15) is 14.9 Å². The molecule has 7 nitrogen and oxygen atoms in total. The van der Waals surface area contributed by atoms with Crippen molar-refractivity contribution in [3.63, 3.8) is 0 Å². The third kappa shape index (κ3) is 4.49. The van der Waals surface area contributed by atoms with Crippen LogP contribution in [-0.4, -0.2) is 34.5 Å². The molecule has 0 atom stereocenters. The van der Waals surface area contributed by atoms with E-state index in [4.69, 9.17) is 0 Å². The summed E-state index contributed by atoms with van der Waals surface area (Å²) in [6.45, 7) is 3.20. The van der Waals surface area contributed by atoms with E-state index in [0.29, 0.717) is 13.2 Å². The molecule has 1 fully saturated rings. The van der Waals surface area contributed by atoms with Gasteiger partial charge in [0.05, 0.1) is 17.8 Å². The normalized spacial score (nSPS) is 14.6. The minimum absolute atomic E-state index is 0.0797. The van der Waals surface area contributed by atoms with E-state index in [1.165, 1.54) is 47.8 Å². The van der Waals surface area contributed by atoms with Gasteiger partial charge in [0, 0.05) is 37.5 Å². The highest BCUT2D eigenvalue weighted by Gasteiger charge is 2.12. The number of hydrogen-bond donors (Lipinski definition) is 0. The summed E-state index contributed by atoms with van der Waals surface area (Å²) < 4.78 is 1.36. The second-order valence-electron chi connectivity index (χ2n) is 6.82. The molecule has 1 aliphatic rings. The summed E-state index contributed by atoms with van der Waals surface area (Å²) in [6, 6.07) is 11.0. The number of hydrogen-bond acceptors (Lipinski definition) is 5. The van der Waals surface area contributed by atoms with Crippen LogP contribution in [0.5, 0.6) is 0 Å². The van der Waals surface area contributed by atoms with E-state index >= 15 is 0 Å². The van der Waals surface area contributed by atoms with Crippen molar-refractivity contribution in [2.24, 2.45) is 0 Å². The van der Waals surface area contributed by atoms with Crippen LogP contribution < -0.4 is 10.5 Å². The summed E-state index contributed by atoms with van der Waals surface area (Å²) in [4.78, 5) is 26.7. The van der Waals surface area contributed by atoms with Gasteiger partial charge in [-0.15, -0.1) is 0 Å². The van der Waals surface area contributed by atoms with Crippen LogP contribution in [0.15, 0.2) is 47.4 Å². The summed E-state index contributed by atoms with van der Waals surface area (Å²) in [5, 5.41) is 10.9. The highest BCUT2D eigenvalue weighted by molar-refractivity contribution is 5.47. The van der Waals surface area contributed by atoms with Crippen LogP contribution >= 0.6 is 0 Å². The molecule has 2 heterocycles. The molecular weight excluding hydrogens is 332 g/mol. The maximum atomic E-state index is 11.9. The van der Waals surface area contributed by atoms with Crippen molar-refractivity contribution in [3.05, 3.63) is 68.6 Å². The summed E-state index contributed by atoms with van der Waals surface area (Å²) in [7, 11) is 1.89. The summed E-state index contributed by atoms with van der Waals surface area (Å²) in [6.07, 6.45) is 5.11. The van der Waals surface area contributed by atoms with Crippen molar-refractivity contribution in [2.45, 2.75) is 32.5 Å². The Morgan fingerprint density at radius 2 is 1.77 bits per heavy atom. The van der Waals surface area contributed by atoms with Gasteiger partial charge < -0.3 is 4.90 Å². The highest BCUT2D eigenvalue weighted by Crippen LogP contribution is 2.20. The Labute approximate surface area is 152 Å². The topological polar surface area (TPSA) is 71.6 Å². The number of nitro groups is 1. The Hall–Kier alpha value is -2.67. The molecule has 0 radical (unpaired) electrons. The zero-order valence-corrected chi connectivity index (χ0v) is 15.0. The molecule has 0 aliphatic carbocycles. The van der Waals surface area contributed by atoms with Gasteiger partial charge in [-0.2, -0.15) is 0 Å². The smallest absolute Gasteiger partial charge is 0.285 e. The molecule has 0 bridgehead atoms. The van der Waals surface area contributed by atoms with E-state index in [1.807, 2.05) is 11.9 Å². The van der Waals surface area contributed by atoms with Crippen LogP contribution in [0.3, 0.4) is 0 Å². The van der Waals surface area contributed by atoms with E-state index in [-0.39, 0.29) is 11.2 Å². The Balaban J connectivity index is 1.63. The molecule has 0 saturated carbocycles. The summed E-state index contributed by atoms with van der Waals surface area (Å²) in [5.74, 6) is 0. The number of benzene rings is 1. The van der Waals surface area contributed by atoms with Crippen LogP contribution in [0, 0.1) is 10.1 Å². The average Bonchev–Trinajstić information content (AvgIpc) is 2.64. The fourth-order valence-electron chi connectivity index (χ4n) is 3.32. The van der Waals surface area contributed by atoms with Crippen LogP contribution in [0.25, 0.3) is 0 Å². The van der Waals surface area contributed by atoms with Gasteiger partial charge in [0.15, 0.2) is 0 Å². The van der Waals surface area contributed by atoms with Crippen molar-refractivity contribution in [1.82, 2.24) is 9.47 Å². The molecule has 7 heteroatoms. The average molecular weight is 356 g/mol. The van der Waals surface area contributed by atoms with Gasteiger partial charge in [-0.05, 0) is 44.0 Å². The predicted octanol–water partition coefficient (Wildman–Crippen LogP) is 2.84. The molecule has 1 aliphatic heterocycles. The SMILES string of the molecule is CN(Cc1ccc(N2CCCCC2)cc1)Cn1cc([N+](=O)[O-])ccc1=O. The van der Waals surface area contributed by atoms with Gasteiger partial charge in [0.2, 0.25) is 0 Å². The summed E-state index contributed by atoms with van der Waals surface area (Å²) >= 11 is 0. The van der Waals surface area contributed by atoms with Gasteiger partial charge in [-0.3, -0.25) is 24.4 Å². The molecule has 0 N–H and O–H groups in total. The van der Waals surface area contributed by atoms with Gasteiger partial charge >= 0.3 is 0 Å². The number of nitrogens with zero attached hydrogens (tertiary/aromatic N) is 4. The molecule has 1 aromatic heterocycles. The molecule has 0 unspecified atom stereocenters. The van der Waals surface area contributed by atoms with Gasteiger partial charge in [-0.1, -0.05) is 12.1 Å². The van der Waals surface area contributed by atoms with Crippen molar-refractivity contribution in [3.8, 4) is 0 Å². The first-order valence-corrected chi connectivity index (χ1v) is 8.90. The van der Waals surface area contributed by atoms with E-state index < -0.39 is 4.92 Å². The zero-order valence-electron chi connectivity index (χ0n) is 15.0. The lowest BCUT2D eigenvalue weighted by atomic mass is 10.1. The van der Waals surface area contributed by atoms with Crippen LogP contribution in [0.4, 0.5) is 11.4 Å². The minimum Gasteiger partial charge on any atom is -0.372 e. The first-order chi connectivity index (χ1) is 12.5. The predicted molar refractivity (Wildman–Crippen MR) is 101 cm³/mol. The number of pyridine rings is 1. The molecule has 3 rings (SSSR count). The molecule has 138 valence electrons. The Bertz CT molecular complexity index is 810.